The molecule has 31 heavy (non-hydrogen) atoms. The van der Waals surface area contributed by atoms with Crippen LogP contribution in [-0.4, -0.2) is 43.9 Å². The quantitative estimate of drug-likeness (QED) is 0.672. The highest BCUT2D eigenvalue weighted by Gasteiger charge is 2.69. The number of rotatable bonds is 5. The van der Waals surface area contributed by atoms with Crippen molar-refractivity contribution >= 4 is 35.1 Å². The lowest BCUT2D eigenvalue weighted by Gasteiger charge is -2.30. The molecule has 1 saturated heterocycles. The fourth-order valence-corrected chi connectivity index (χ4v) is 3.13. The third kappa shape index (κ3) is 3.83. The second-order valence-corrected chi connectivity index (χ2v) is 6.76. The summed E-state index contributed by atoms with van der Waals surface area (Å²) in [6, 6.07) is 7.38. The van der Waals surface area contributed by atoms with E-state index in [2.05, 4.69) is 0 Å². The van der Waals surface area contributed by atoms with Crippen molar-refractivity contribution in [1.29, 1.82) is 0 Å². The van der Waals surface area contributed by atoms with Gasteiger partial charge in [-0.2, -0.15) is 13.2 Å². The average molecular weight is 458 g/mol. The topological polar surface area (TPSA) is 97.0 Å². The molecule has 2 aromatic carbocycles. The maximum atomic E-state index is 14.0. The van der Waals surface area contributed by atoms with E-state index in [1.54, 1.807) is 10.6 Å². The van der Waals surface area contributed by atoms with Crippen molar-refractivity contribution in [2.24, 2.45) is 0 Å². The number of carbonyl (C=O) groups is 3. The highest BCUT2D eigenvalue weighted by molar-refractivity contribution is 6.31. The van der Waals surface area contributed by atoms with Crippen LogP contribution in [0.2, 0.25) is 5.02 Å². The van der Waals surface area contributed by atoms with Crippen LogP contribution in [0, 0.1) is 0 Å². The van der Waals surface area contributed by atoms with Crippen LogP contribution < -0.4 is 25.0 Å². The molecule has 2 aromatic rings. The third-order valence-electron chi connectivity index (χ3n) is 4.46. The molecule has 0 aliphatic carbocycles. The lowest BCUT2D eigenvalue weighted by Crippen LogP contribution is -2.69. The van der Waals surface area contributed by atoms with Gasteiger partial charge in [-0.25, -0.2) is 9.69 Å². The molecule has 0 spiro atoms. The lowest BCUT2D eigenvalue weighted by molar-refractivity contribution is -0.197. The van der Waals surface area contributed by atoms with Gasteiger partial charge in [-0.1, -0.05) is 17.7 Å². The second-order valence-electron chi connectivity index (χ2n) is 6.32. The molecule has 8 nitrogen and oxygen atoms in total. The number of halogens is 4. The SMILES string of the molecule is COc1ccc(C(=O)N[C@@]2(C(F)(F)F)NC(=O)N(c3cccc(Cl)c3)C2=O)cc1OC. The summed E-state index contributed by atoms with van der Waals surface area (Å²) in [7, 11) is 2.62. The number of ether oxygens (including phenoxy) is 2. The summed E-state index contributed by atoms with van der Waals surface area (Å²) in [5, 5.41) is 3.27. The van der Waals surface area contributed by atoms with Gasteiger partial charge in [0.1, 0.15) is 0 Å². The van der Waals surface area contributed by atoms with Crippen molar-refractivity contribution in [2.45, 2.75) is 11.8 Å². The molecule has 1 aliphatic rings. The number of nitrogens with zero attached hydrogens (tertiary/aromatic N) is 1. The fraction of sp³-hybridized carbons (Fsp3) is 0.211. The molecular formula is C19H15ClF3N3O5. The largest absolute Gasteiger partial charge is 0.493 e. The molecule has 1 fully saturated rings. The molecule has 0 saturated carbocycles. The van der Waals surface area contributed by atoms with Gasteiger partial charge in [0.15, 0.2) is 11.5 Å². The first-order valence-electron chi connectivity index (χ1n) is 8.57. The summed E-state index contributed by atoms with van der Waals surface area (Å²) in [6.45, 7) is 0. The zero-order chi connectivity index (χ0) is 23.0. The Balaban J connectivity index is 2.00. The number of methoxy groups -OCH3 is 2. The van der Waals surface area contributed by atoms with E-state index in [0.29, 0.717) is 0 Å². The van der Waals surface area contributed by atoms with Crippen LogP contribution in [0.4, 0.5) is 23.7 Å². The molecule has 0 aromatic heterocycles. The first-order valence-corrected chi connectivity index (χ1v) is 8.95. The van der Waals surface area contributed by atoms with Crippen LogP contribution in [0.5, 0.6) is 11.5 Å². The van der Waals surface area contributed by atoms with Crippen LogP contribution in [0.25, 0.3) is 0 Å². The predicted octanol–water partition coefficient (Wildman–Crippen LogP) is 3.10. The zero-order valence-corrected chi connectivity index (χ0v) is 16.8. The van der Waals surface area contributed by atoms with E-state index < -0.39 is 29.7 Å². The molecule has 4 amide bonds. The maximum absolute atomic E-state index is 14.0. The van der Waals surface area contributed by atoms with Gasteiger partial charge in [-0.3, -0.25) is 14.9 Å². The van der Waals surface area contributed by atoms with Crippen molar-refractivity contribution in [1.82, 2.24) is 10.6 Å². The molecule has 0 unspecified atom stereocenters. The summed E-state index contributed by atoms with van der Waals surface area (Å²) >= 11 is 5.81. The predicted molar refractivity (Wildman–Crippen MR) is 103 cm³/mol. The Morgan fingerprint density at radius 1 is 1.10 bits per heavy atom. The number of urea groups is 1. The Morgan fingerprint density at radius 3 is 2.35 bits per heavy atom. The van der Waals surface area contributed by atoms with Crippen molar-refractivity contribution in [3.05, 3.63) is 53.1 Å². The third-order valence-corrected chi connectivity index (χ3v) is 4.69. The number of benzene rings is 2. The van der Waals surface area contributed by atoms with Crippen LogP contribution in [-0.2, 0) is 4.79 Å². The highest BCUT2D eigenvalue weighted by atomic mass is 35.5. The van der Waals surface area contributed by atoms with E-state index in [1.165, 1.54) is 44.6 Å². The molecule has 1 atom stereocenters. The van der Waals surface area contributed by atoms with Gasteiger partial charge in [-0.05, 0) is 36.4 Å². The van der Waals surface area contributed by atoms with Crippen LogP contribution >= 0.6 is 11.6 Å². The summed E-state index contributed by atoms with van der Waals surface area (Å²) in [4.78, 5) is 38.0. The minimum atomic E-state index is -5.36. The van der Waals surface area contributed by atoms with Crippen molar-refractivity contribution < 1.29 is 37.0 Å². The van der Waals surface area contributed by atoms with Gasteiger partial charge >= 0.3 is 12.2 Å². The summed E-state index contributed by atoms with van der Waals surface area (Å²) in [5.41, 5.74) is -4.14. The molecule has 0 bridgehead atoms. The van der Waals surface area contributed by atoms with Gasteiger partial charge in [-0.15, -0.1) is 0 Å². The normalized spacial score (nSPS) is 18.6. The molecule has 0 radical (unpaired) electrons. The van der Waals surface area contributed by atoms with Crippen molar-refractivity contribution in [2.75, 3.05) is 19.1 Å². The number of nitrogens with one attached hydrogen (secondary N) is 2. The minimum absolute atomic E-state index is 0.0820. The Bertz CT molecular complexity index is 1060. The Kier molecular flexibility index (Phi) is 5.72. The van der Waals surface area contributed by atoms with Crippen molar-refractivity contribution in [3.63, 3.8) is 0 Å². The lowest BCUT2D eigenvalue weighted by atomic mass is 10.1. The van der Waals surface area contributed by atoms with Gasteiger partial charge in [0.2, 0.25) is 0 Å². The molecule has 2 N–H and O–H groups in total. The van der Waals surface area contributed by atoms with Crippen LogP contribution in [0.1, 0.15) is 10.4 Å². The smallest absolute Gasteiger partial charge is 0.440 e. The number of hydrogen-bond acceptors (Lipinski definition) is 5. The van der Waals surface area contributed by atoms with Gasteiger partial charge in [0, 0.05) is 10.6 Å². The summed E-state index contributed by atoms with van der Waals surface area (Å²) in [6.07, 6.45) is -5.36. The van der Waals surface area contributed by atoms with E-state index in [-0.39, 0.29) is 32.7 Å². The van der Waals surface area contributed by atoms with Crippen LogP contribution in [0.15, 0.2) is 42.5 Å². The number of amides is 4. The summed E-state index contributed by atoms with van der Waals surface area (Å²) in [5.74, 6) is -2.69. The standard InChI is InChI=1S/C19H15ClF3N3O5/c1-30-13-7-6-10(8-14(13)31-2)15(27)24-18(19(21,22)23)16(28)26(17(29)25-18)12-5-3-4-11(20)9-12/h3-9H,1-2H3,(H,24,27)(H,25,29)/t18-/m1/s1. The molecule has 164 valence electrons. The molecule has 12 heteroatoms. The number of hydrogen-bond donors (Lipinski definition) is 2. The van der Waals surface area contributed by atoms with E-state index in [9.17, 15) is 27.6 Å². The Labute approximate surface area is 178 Å². The number of imide groups is 1. The Morgan fingerprint density at radius 2 is 1.77 bits per heavy atom. The highest BCUT2D eigenvalue weighted by Crippen LogP contribution is 2.37. The number of alkyl halides is 3. The van der Waals surface area contributed by atoms with Gasteiger partial charge in [0.05, 0.1) is 19.9 Å². The first kappa shape index (κ1) is 22.2. The minimum Gasteiger partial charge on any atom is -0.493 e. The first-order chi connectivity index (χ1) is 14.5. The van der Waals surface area contributed by atoms with E-state index in [0.717, 1.165) is 12.1 Å². The number of anilines is 1. The molecule has 3 rings (SSSR count). The van der Waals surface area contributed by atoms with Gasteiger partial charge < -0.3 is 14.8 Å². The van der Waals surface area contributed by atoms with Crippen molar-refractivity contribution in [3.8, 4) is 11.5 Å². The number of carbonyl (C=O) groups excluding carboxylic acids is 3. The van der Waals surface area contributed by atoms with Crippen LogP contribution in [0.3, 0.4) is 0 Å². The molecule has 1 heterocycles. The van der Waals surface area contributed by atoms with Gasteiger partial charge in [0.25, 0.3) is 17.5 Å². The average Bonchev–Trinajstić information content (AvgIpc) is 2.97. The second kappa shape index (κ2) is 7.99. The van der Waals surface area contributed by atoms with E-state index in [1.807, 2.05) is 0 Å². The Hall–Kier alpha value is -3.47. The maximum Gasteiger partial charge on any atom is 0.440 e. The van der Waals surface area contributed by atoms with E-state index in [4.69, 9.17) is 21.1 Å². The van der Waals surface area contributed by atoms with E-state index >= 15 is 0 Å². The summed E-state index contributed by atoms with van der Waals surface area (Å²) < 4.78 is 52.0. The zero-order valence-electron chi connectivity index (χ0n) is 16.0. The molecule has 1 aliphatic heterocycles. The molecular weight excluding hydrogens is 443 g/mol. The monoisotopic (exact) mass is 457 g/mol. The fourth-order valence-electron chi connectivity index (χ4n) is 2.95.